The van der Waals surface area contributed by atoms with Gasteiger partial charge in [0.05, 0.1) is 18.2 Å². The number of ether oxygens (including phenoxy) is 2. The molecule has 176 valence electrons. The fourth-order valence-corrected chi connectivity index (χ4v) is 4.50. The Morgan fingerprint density at radius 2 is 1.79 bits per heavy atom. The number of fused-ring (bicyclic) bond motifs is 1. The Bertz CT molecular complexity index is 1360. The molecule has 34 heavy (non-hydrogen) atoms. The molecule has 0 spiro atoms. The van der Waals surface area contributed by atoms with Gasteiger partial charge in [-0.3, -0.25) is 4.79 Å². The number of rotatable bonds is 11. The minimum absolute atomic E-state index is 0.182. The Morgan fingerprint density at radius 1 is 0.971 bits per heavy atom. The highest BCUT2D eigenvalue weighted by Gasteiger charge is 2.10. The van der Waals surface area contributed by atoms with Crippen LogP contribution in [-0.2, 0) is 0 Å². The average molecular weight is 476 g/mol. The van der Waals surface area contributed by atoms with Gasteiger partial charge in [-0.15, -0.1) is 5.10 Å². The molecule has 0 bridgehead atoms. The quantitative estimate of drug-likeness (QED) is 0.278. The van der Waals surface area contributed by atoms with E-state index in [-0.39, 0.29) is 5.56 Å². The van der Waals surface area contributed by atoms with Gasteiger partial charge in [0, 0.05) is 0 Å². The summed E-state index contributed by atoms with van der Waals surface area (Å²) in [6.07, 6.45) is 11.5. The molecule has 0 amide bonds. The van der Waals surface area contributed by atoms with Gasteiger partial charge in [-0.05, 0) is 41.8 Å². The number of methoxy groups -OCH3 is 1. The standard InChI is InChI=1S/C27H29N3O3S/c1-3-4-5-6-10-17-33-22-15-13-21(18-23(22)32-2)19-24-26(31)30-27(34-24)28-25(29-30)16-14-20-11-8-7-9-12-20/h7-9,11-16,18-19H,3-6,10,17H2,1-2H3. The van der Waals surface area contributed by atoms with E-state index in [1.165, 1.54) is 41.5 Å². The molecule has 0 N–H and O–H groups in total. The maximum absolute atomic E-state index is 12.9. The summed E-state index contributed by atoms with van der Waals surface area (Å²) in [6.45, 7) is 2.88. The number of aromatic nitrogens is 3. The zero-order valence-electron chi connectivity index (χ0n) is 19.6. The minimum Gasteiger partial charge on any atom is -0.493 e. The first kappa shape index (κ1) is 23.7. The smallest absolute Gasteiger partial charge is 0.291 e. The number of nitrogens with zero attached hydrogens (tertiary/aromatic N) is 3. The van der Waals surface area contributed by atoms with Gasteiger partial charge in [0.25, 0.3) is 5.56 Å². The monoisotopic (exact) mass is 475 g/mol. The fraction of sp³-hybridized carbons (Fsp3) is 0.296. The van der Waals surface area contributed by atoms with Crippen LogP contribution in [0.3, 0.4) is 0 Å². The van der Waals surface area contributed by atoms with Crippen LogP contribution >= 0.6 is 11.3 Å². The molecule has 0 saturated carbocycles. The van der Waals surface area contributed by atoms with Crippen molar-refractivity contribution in [2.24, 2.45) is 0 Å². The van der Waals surface area contributed by atoms with Crippen LogP contribution in [0.15, 0.2) is 53.3 Å². The van der Waals surface area contributed by atoms with Crippen molar-refractivity contribution in [2.45, 2.75) is 39.0 Å². The molecule has 0 aliphatic rings. The Labute approximate surface area is 203 Å². The zero-order valence-corrected chi connectivity index (χ0v) is 20.4. The molecule has 0 aliphatic carbocycles. The maximum atomic E-state index is 12.9. The summed E-state index contributed by atoms with van der Waals surface area (Å²) in [5.41, 5.74) is 1.73. The summed E-state index contributed by atoms with van der Waals surface area (Å²) in [6, 6.07) is 15.6. The van der Waals surface area contributed by atoms with E-state index in [1.54, 1.807) is 7.11 Å². The molecule has 2 aromatic carbocycles. The maximum Gasteiger partial charge on any atom is 0.291 e. The van der Waals surface area contributed by atoms with E-state index in [0.717, 1.165) is 23.3 Å². The Hall–Kier alpha value is -3.45. The summed E-state index contributed by atoms with van der Waals surface area (Å²) in [5, 5.41) is 4.35. The van der Waals surface area contributed by atoms with E-state index in [0.29, 0.717) is 27.7 Å². The Balaban J connectivity index is 1.48. The van der Waals surface area contributed by atoms with Crippen molar-refractivity contribution >= 4 is 34.5 Å². The summed E-state index contributed by atoms with van der Waals surface area (Å²) in [5.74, 6) is 1.88. The highest BCUT2D eigenvalue weighted by molar-refractivity contribution is 7.15. The summed E-state index contributed by atoms with van der Waals surface area (Å²) in [7, 11) is 1.62. The number of benzene rings is 2. The van der Waals surface area contributed by atoms with Crippen molar-refractivity contribution in [2.75, 3.05) is 13.7 Å². The third-order valence-electron chi connectivity index (χ3n) is 5.41. The second-order valence-electron chi connectivity index (χ2n) is 8.00. The molecule has 0 fully saturated rings. The van der Waals surface area contributed by atoms with E-state index in [1.807, 2.05) is 66.8 Å². The lowest BCUT2D eigenvalue weighted by atomic mass is 10.1. The number of thiazole rings is 1. The predicted molar refractivity (Wildman–Crippen MR) is 139 cm³/mol. The lowest BCUT2D eigenvalue weighted by Gasteiger charge is -2.11. The average Bonchev–Trinajstić information content (AvgIpc) is 3.39. The van der Waals surface area contributed by atoms with Crippen molar-refractivity contribution in [3.05, 3.63) is 80.4 Å². The van der Waals surface area contributed by atoms with Crippen LogP contribution in [0, 0.1) is 0 Å². The van der Waals surface area contributed by atoms with Crippen LogP contribution in [0.2, 0.25) is 0 Å². The first-order valence-electron chi connectivity index (χ1n) is 11.6. The van der Waals surface area contributed by atoms with Crippen LogP contribution in [0.4, 0.5) is 0 Å². The molecule has 0 aliphatic heterocycles. The summed E-state index contributed by atoms with van der Waals surface area (Å²) in [4.78, 5) is 17.9. The van der Waals surface area contributed by atoms with Gasteiger partial charge >= 0.3 is 0 Å². The van der Waals surface area contributed by atoms with Gasteiger partial charge in [0.15, 0.2) is 17.3 Å². The van der Waals surface area contributed by atoms with Crippen LogP contribution < -0.4 is 19.6 Å². The van der Waals surface area contributed by atoms with Crippen LogP contribution in [0.25, 0.3) is 23.2 Å². The van der Waals surface area contributed by atoms with Gasteiger partial charge in [0.1, 0.15) is 0 Å². The van der Waals surface area contributed by atoms with Gasteiger partial charge in [-0.1, -0.05) is 86.4 Å². The molecular formula is C27H29N3O3S. The topological polar surface area (TPSA) is 65.7 Å². The lowest BCUT2D eigenvalue weighted by Crippen LogP contribution is -2.23. The molecule has 2 aromatic heterocycles. The number of unbranched alkanes of at least 4 members (excludes halogenated alkanes) is 4. The first-order chi connectivity index (χ1) is 16.7. The number of hydrogen-bond acceptors (Lipinski definition) is 6. The minimum atomic E-state index is -0.182. The molecule has 2 heterocycles. The SMILES string of the molecule is CCCCCCCOc1ccc(C=c2sc3nc(C=Cc4ccccc4)nn3c2=O)cc1OC. The van der Waals surface area contributed by atoms with Gasteiger partial charge in [-0.25, -0.2) is 0 Å². The molecule has 0 radical (unpaired) electrons. The van der Waals surface area contributed by atoms with E-state index in [2.05, 4.69) is 17.0 Å². The molecular weight excluding hydrogens is 446 g/mol. The van der Waals surface area contributed by atoms with E-state index >= 15 is 0 Å². The normalized spacial score (nSPS) is 12.1. The van der Waals surface area contributed by atoms with Crippen molar-refractivity contribution < 1.29 is 9.47 Å². The fourth-order valence-electron chi connectivity index (χ4n) is 3.59. The van der Waals surface area contributed by atoms with Crippen molar-refractivity contribution in [1.29, 1.82) is 0 Å². The van der Waals surface area contributed by atoms with Gasteiger partial charge in [-0.2, -0.15) is 9.50 Å². The highest BCUT2D eigenvalue weighted by atomic mass is 32.1. The van der Waals surface area contributed by atoms with E-state index in [4.69, 9.17) is 9.47 Å². The lowest BCUT2D eigenvalue weighted by molar-refractivity contribution is 0.285. The van der Waals surface area contributed by atoms with Crippen LogP contribution in [0.5, 0.6) is 11.5 Å². The van der Waals surface area contributed by atoms with Crippen LogP contribution in [0.1, 0.15) is 56.0 Å². The van der Waals surface area contributed by atoms with Gasteiger partial charge < -0.3 is 9.47 Å². The summed E-state index contributed by atoms with van der Waals surface area (Å²) >= 11 is 1.32. The molecule has 6 nitrogen and oxygen atoms in total. The van der Waals surface area contributed by atoms with Crippen molar-refractivity contribution in [3.8, 4) is 11.5 Å². The zero-order chi connectivity index (χ0) is 23.8. The third kappa shape index (κ3) is 5.91. The molecule has 7 heteroatoms. The van der Waals surface area contributed by atoms with E-state index < -0.39 is 0 Å². The molecule has 0 atom stereocenters. The first-order valence-corrected chi connectivity index (χ1v) is 12.4. The second-order valence-corrected chi connectivity index (χ2v) is 9.01. The van der Waals surface area contributed by atoms with Crippen molar-refractivity contribution in [3.63, 3.8) is 0 Å². The molecule has 0 unspecified atom stereocenters. The van der Waals surface area contributed by atoms with E-state index in [9.17, 15) is 4.79 Å². The molecule has 4 rings (SSSR count). The number of hydrogen-bond donors (Lipinski definition) is 0. The Kier molecular flexibility index (Phi) is 8.09. The molecule has 0 saturated heterocycles. The Morgan fingerprint density at radius 3 is 2.56 bits per heavy atom. The largest absolute Gasteiger partial charge is 0.493 e. The summed E-state index contributed by atoms with van der Waals surface area (Å²) < 4.78 is 13.4. The van der Waals surface area contributed by atoms with Crippen molar-refractivity contribution in [1.82, 2.24) is 14.6 Å². The molecule has 4 aromatic rings. The van der Waals surface area contributed by atoms with Gasteiger partial charge in [0.2, 0.25) is 4.96 Å². The second kappa shape index (κ2) is 11.6. The van der Waals surface area contributed by atoms with Crippen LogP contribution in [-0.4, -0.2) is 28.3 Å². The third-order valence-corrected chi connectivity index (χ3v) is 6.37. The predicted octanol–water partition coefficient (Wildman–Crippen LogP) is 5.23. The highest BCUT2D eigenvalue weighted by Crippen LogP contribution is 2.28.